The van der Waals surface area contributed by atoms with Crippen molar-refractivity contribution in [1.82, 2.24) is 9.62 Å². The van der Waals surface area contributed by atoms with Crippen molar-refractivity contribution in [3.63, 3.8) is 0 Å². The minimum atomic E-state index is -3.49. The van der Waals surface area contributed by atoms with Crippen molar-refractivity contribution in [1.29, 1.82) is 0 Å². The summed E-state index contributed by atoms with van der Waals surface area (Å²) in [5.74, 6) is 0.616. The van der Waals surface area contributed by atoms with Gasteiger partial charge in [-0.15, -0.1) is 0 Å². The number of hydrogen-bond acceptors (Lipinski definition) is 4. The van der Waals surface area contributed by atoms with Gasteiger partial charge in [0.1, 0.15) is 5.75 Å². The van der Waals surface area contributed by atoms with Gasteiger partial charge in [0, 0.05) is 6.04 Å². The first-order valence-electron chi connectivity index (χ1n) is 7.04. The van der Waals surface area contributed by atoms with Gasteiger partial charge in [0.25, 0.3) is 0 Å². The van der Waals surface area contributed by atoms with Crippen LogP contribution >= 0.6 is 15.9 Å². The number of likely N-dealkylation sites (tertiary alicyclic amines) is 1. The Morgan fingerprint density at radius 2 is 2.05 bits per heavy atom. The van der Waals surface area contributed by atoms with E-state index < -0.39 is 10.0 Å². The van der Waals surface area contributed by atoms with Crippen molar-refractivity contribution < 1.29 is 13.2 Å². The third-order valence-electron chi connectivity index (χ3n) is 3.79. The average molecular weight is 377 g/mol. The molecule has 2 rings (SSSR count). The Morgan fingerprint density at radius 1 is 1.38 bits per heavy atom. The molecule has 0 aromatic heterocycles. The average Bonchev–Trinajstić information content (AvgIpc) is 2.47. The summed E-state index contributed by atoms with van der Waals surface area (Å²) in [5.41, 5.74) is 0. The van der Waals surface area contributed by atoms with Gasteiger partial charge in [0.2, 0.25) is 10.0 Å². The summed E-state index contributed by atoms with van der Waals surface area (Å²) < 4.78 is 33.4. The van der Waals surface area contributed by atoms with Gasteiger partial charge >= 0.3 is 0 Å². The predicted octanol–water partition coefficient (Wildman–Crippen LogP) is 2.22. The third-order valence-corrected chi connectivity index (χ3v) is 5.93. The number of halogens is 1. The molecule has 0 unspecified atom stereocenters. The summed E-state index contributed by atoms with van der Waals surface area (Å²) >= 11 is 3.32. The number of benzene rings is 1. The molecule has 0 saturated carbocycles. The van der Waals surface area contributed by atoms with Crippen molar-refractivity contribution in [2.75, 3.05) is 26.7 Å². The highest BCUT2D eigenvalue weighted by Crippen LogP contribution is 2.27. The monoisotopic (exact) mass is 376 g/mol. The Labute approximate surface area is 134 Å². The van der Waals surface area contributed by atoms with Crippen LogP contribution in [0.25, 0.3) is 0 Å². The summed E-state index contributed by atoms with van der Waals surface area (Å²) in [6.45, 7) is 5.02. The van der Waals surface area contributed by atoms with Gasteiger partial charge < -0.3 is 9.64 Å². The number of nitrogens with zero attached hydrogens (tertiary/aromatic N) is 1. The zero-order chi connectivity index (χ0) is 15.5. The molecule has 7 heteroatoms. The highest BCUT2D eigenvalue weighted by Gasteiger charge is 2.24. The fraction of sp³-hybridized carbons (Fsp3) is 0.571. The smallest absolute Gasteiger partial charge is 0.240 e. The van der Waals surface area contributed by atoms with E-state index in [0.717, 1.165) is 32.5 Å². The molecule has 118 valence electrons. The van der Waals surface area contributed by atoms with Gasteiger partial charge in [0.15, 0.2) is 0 Å². The van der Waals surface area contributed by atoms with Gasteiger partial charge in [-0.25, -0.2) is 13.1 Å². The topological polar surface area (TPSA) is 58.6 Å². The number of ether oxygens (including phenoxy) is 1. The number of methoxy groups -OCH3 is 1. The zero-order valence-electron chi connectivity index (χ0n) is 12.3. The predicted molar refractivity (Wildman–Crippen MR) is 86.2 cm³/mol. The van der Waals surface area contributed by atoms with Crippen molar-refractivity contribution in [3.8, 4) is 5.75 Å². The van der Waals surface area contributed by atoms with Crippen LogP contribution in [0, 0.1) is 0 Å². The molecule has 1 heterocycles. The fourth-order valence-electron chi connectivity index (χ4n) is 2.47. The Balaban J connectivity index is 2.07. The van der Waals surface area contributed by atoms with Crippen LogP contribution in [0.5, 0.6) is 5.75 Å². The molecule has 0 spiro atoms. The molecular formula is C14H21BrN2O3S. The van der Waals surface area contributed by atoms with Crippen molar-refractivity contribution in [3.05, 3.63) is 22.7 Å². The summed E-state index contributed by atoms with van der Waals surface area (Å²) in [6, 6.07) is 4.80. The van der Waals surface area contributed by atoms with Gasteiger partial charge in [-0.1, -0.05) is 6.92 Å². The van der Waals surface area contributed by atoms with Crippen LogP contribution in [0.1, 0.15) is 19.8 Å². The number of rotatable bonds is 5. The largest absolute Gasteiger partial charge is 0.496 e. The highest BCUT2D eigenvalue weighted by atomic mass is 79.9. The Hall–Kier alpha value is -0.630. The number of nitrogens with one attached hydrogen (secondary N) is 1. The minimum absolute atomic E-state index is 0.0127. The van der Waals surface area contributed by atoms with E-state index in [4.69, 9.17) is 4.74 Å². The standard InChI is InChI=1S/C14H21BrN2O3S/c1-3-17-8-6-11(7-9-17)16-21(18,19)12-4-5-14(20-2)13(15)10-12/h4-5,10-11,16H,3,6-9H2,1-2H3. The Morgan fingerprint density at radius 3 is 2.57 bits per heavy atom. The molecule has 1 saturated heterocycles. The molecule has 0 amide bonds. The lowest BCUT2D eigenvalue weighted by Crippen LogP contribution is -2.44. The Bertz CT molecular complexity index is 584. The normalized spacial score (nSPS) is 17.9. The number of piperidine rings is 1. The molecule has 1 fully saturated rings. The second-order valence-electron chi connectivity index (χ2n) is 5.13. The first kappa shape index (κ1) is 16.7. The van der Waals surface area contributed by atoms with Crippen LogP contribution in [-0.2, 0) is 10.0 Å². The Kier molecular flexibility index (Phi) is 5.65. The van der Waals surface area contributed by atoms with Gasteiger partial charge in [0.05, 0.1) is 16.5 Å². The maximum absolute atomic E-state index is 12.4. The zero-order valence-corrected chi connectivity index (χ0v) is 14.7. The maximum atomic E-state index is 12.4. The van der Waals surface area contributed by atoms with Crippen LogP contribution in [0.2, 0.25) is 0 Å². The fourth-order valence-corrected chi connectivity index (χ4v) is 4.49. The second-order valence-corrected chi connectivity index (χ2v) is 7.69. The molecule has 21 heavy (non-hydrogen) atoms. The molecule has 1 aliphatic rings. The van der Waals surface area contributed by atoms with Crippen LogP contribution < -0.4 is 9.46 Å². The van der Waals surface area contributed by atoms with Crippen LogP contribution in [0.4, 0.5) is 0 Å². The van der Waals surface area contributed by atoms with Crippen molar-refractivity contribution >= 4 is 26.0 Å². The molecule has 0 radical (unpaired) electrons. The van der Waals surface area contributed by atoms with E-state index in [1.807, 2.05) is 0 Å². The van der Waals surface area contributed by atoms with Crippen LogP contribution in [0.3, 0.4) is 0 Å². The second kappa shape index (κ2) is 7.09. The summed E-state index contributed by atoms with van der Waals surface area (Å²) in [4.78, 5) is 2.59. The van der Waals surface area contributed by atoms with Crippen LogP contribution in [-0.4, -0.2) is 46.1 Å². The summed E-state index contributed by atoms with van der Waals surface area (Å²) in [5, 5.41) is 0. The molecule has 1 N–H and O–H groups in total. The maximum Gasteiger partial charge on any atom is 0.240 e. The minimum Gasteiger partial charge on any atom is -0.496 e. The van der Waals surface area contributed by atoms with E-state index in [0.29, 0.717) is 10.2 Å². The van der Waals surface area contributed by atoms with Gasteiger partial charge in [-0.2, -0.15) is 0 Å². The van der Waals surface area contributed by atoms with E-state index in [9.17, 15) is 8.42 Å². The first-order chi connectivity index (χ1) is 9.96. The molecular weight excluding hydrogens is 356 g/mol. The van der Waals surface area contributed by atoms with Crippen LogP contribution in [0.15, 0.2) is 27.6 Å². The lowest BCUT2D eigenvalue weighted by Gasteiger charge is -2.31. The quantitative estimate of drug-likeness (QED) is 0.855. The molecule has 0 atom stereocenters. The molecule has 0 aliphatic carbocycles. The first-order valence-corrected chi connectivity index (χ1v) is 9.32. The molecule has 1 aromatic carbocycles. The number of hydrogen-bond donors (Lipinski definition) is 1. The van der Waals surface area contributed by atoms with E-state index in [1.54, 1.807) is 25.3 Å². The van der Waals surface area contributed by atoms with E-state index in [2.05, 4.69) is 32.5 Å². The van der Waals surface area contributed by atoms with Gasteiger partial charge in [-0.3, -0.25) is 0 Å². The number of sulfonamides is 1. The molecule has 5 nitrogen and oxygen atoms in total. The molecule has 1 aliphatic heterocycles. The molecule has 0 bridgehead atoms. The van der Waals surface area contributed by atoms with Crippen molar-refractivity contribution in [2.24, 2.45) is 0 Å². The van der Waals surface area contributed by atoms with E-state index in [1.165, 1.54) is 0 Å². The lowest BCUT2D eigenvalue weighted by atomic mass is 10.1. The molecule has 1 aromatic rings. The highest BCUT2D eigenvalue weighted by molar-refractivity contribution is 9.10. The van der Waals surface area contributed by atoms with Crippen molar-refractivity contribution in [2.45, 2.75) is 30.7 Å². The SMILES string of the molecule is CCN1CCC(NS(=O)(=O)c2ccc(OC)c(Br)c2)CC1. The summed E-state index contributed by atoms with van der Waals surface area (Å²) in [7, 11) is -1.94. The third kappa shape index (κ3) is 4.18. The van der Waals surface area contributed by atoms with E-state index in [-0.39, 0.29) is 10.9 Å². The lowest BCUT2D eigenvalue weighted by molar-refractivity contribution is 0.217. The van der Waals surface area contributed by atoms with E-state index >= 15 is 0 Å². The van der Waals surface area contributed by atoms with Gasteiger partial charge in [-0.05, 0) is 66.6 Å². The summed E-state index contributed by atoms with van der Waals surface area (Å²) in [6.07, 6.45) is 1.70.